The van der Waals surface area contributed by atoms with Crippen molar-refractivity contribution in [1.29, 1.82) is 0 Å². The molecule has 3 aliphatic carbocycles. The minimum absolute atomic E-state index is 0.0901. The third-order valence-electron chi connectivity index (χ3n) is 10.1. The molecule has 218 valence electrons. The second-order valence-corrected chi connectivity index (χ2v) is 14.4. The first-order chi connectivity index (χ1) is 17.4. The Morgan fingerprint density at radius 2 is 0.838 bits per heavy atom. The van der Waals surface area contributed by atoms with Crippen molar-refractivity contribution in [1.82, 2.24) is 0 Å². The lowest BCUT2D eigenvalue weighted by Gasteiger charge is -2.48. The van der Waals surface area contributed by atoms with Gasteiger partial charge in [-0.25, -0.2) is 0 Å². The fourth-order valence-electron chi connectivity index (χ4n) is 7.67. The summed E-state index contributed by atoms with van der Waals surface area (Å²) in [5.41, 5.74) is 0. The van der Waals surface area contributed by atoms with Crippen LogP contribution in [0.25, 0.3) is 0 Å². The fourth-order valence-corrected chi connectivity index (χ4v) is 7.67. The van der Waals surface area contributed by atoms with Crippen molar-refractivity contribution in [3.05, 3.63) is 0 Å². The predicted octanol–water partition coefficient (Wildman–Crippen LogP) is 9.07. The van der Waals surface area contributed by atoms with Crippen molar-refractivity contribution in [2.24, 2.45) is 53.3 Å². The lowest BCUT2D eigenvalue weighted by Crippen LogP contribution is -2.55. The van der Waals surface area contributed by atoms with Crippen LogP contribution in [0.1, 0.15) is 127 Å². The Kier molecular flexibility index (Phi) is 11.8. The molecule has 0 bridgehead atoms. The Labute approximate surface area is 230 Å². The molecule has 0 radical (unpaired) electrons. The zero-order valence-electron chi connectivity index (χ0n) is 26.1. The largest absolute Gasteiger partial charge is 0.413 e. The molecule has 0 aliphatic heterocycles. The standard InChI is InChI=1S/C33H62O4/c1-11-34-33(35-30-18-24(8)12-15-27(30)21(2)3,36-31-19-25(9)13-16-28(31)22(4)5)37-32-20-26(10)14-17-29(32)23(6)7/h21-32H,11-20H2,1-10H3. The van der Waals surface area contributed by atoms with Crippen LogP contribution in [-0.4, -0.2) is 31.1 Å². The molecule has 4 heteroatoms. The summed E-state index contributed by atoms with van der Waals surface area (Å²) >= 11 is 0. The number of rotatable bonds is 11. The maximum atomic E-state index is 7.13. The summed E-state index contributed by atoms with van der Waals surface area (Å²) in [6.07, 6.45) is 9.43. The molecule has 4 nitrogen and oxygen atoms in total. The maximum absolute atomic E-state index is 7.13. The highest BCUT2D eigenvalue weighted by atomic mass is 17.0. The summed E-state index contributed by atoms with van der Waals surface area (Å²) in [5.74, 6) is 5.14. The zero-order chi connectivity index (χ0) is 27.3. The van der Waals surface area contributed by atoms with Crippen LogP contribution < -0.4 is 0 Å². The molecule has 3 fully saturated rings. The number of ether oxygens (including phenoxy) is 4. The molecule has 3 saturated carbocycles. The predicted molar refractivity (Wildman–Crippen MR) is 153 cm³/mol. The summed E-state index contributed by atoms with van der Waals surface area (Å²) in [6.45, 7) is 23.7. The van der Waals surface area contributed by atoms with Gasteiger partial charge in [-0.05, 0) is 98.7 Å². The summed E-state index contributed by atoms with van der Waals surface area (Å²) in [5, 5.41) is 0. The topological polar surface area (TPSA) is 36.9 Å². The molecule has 0 aromatic rings. The molecule has 0 saturated heterocycles. The zero-order valence-corrected chi connectivity index (χ0v) is 26.1. The van der Waals surface area contributed by atoms with Gasteiger partial charge in [0.15, 0.2) is 0 Å². The van der Waals surface area contributed by atoms with Gasteiger partial charge in [0.25, 0.3) is 0 Å². The summed E-state index contributed by atoms with van der Waals surface area (Å²) in [7, 11) is 0. The van der Waals surface area contributed by atoms with Crippen LogP contribution in [0, 0.1) is 53.3 Å². The van der Waals surface area contributed by atoms with E-state index in [-0.39, 0.29) is 18.3 Å². The highest BCUT2D eigenvalue weighted by Crippen LogP contribution is 2.44. The second-order valence-electron chi connectivity index (χ2n) is 14.4. The molecule has 9 unspecified atom stereocenters. The highest BCUT2D eigenvalue weighted by Gasteiger charge is 2.50. The van der Waals surface area contributed by atoms with Gasteiger partial charge in [-0.3, -0.25) is 14.2 Å². The van der Waals surface area contributed by atoms with Crippen molar-refractivity contribution in [3.8, 4) is 0 Å². The van der Waals surface area contributed by atoms with Crippen molar-refractivity contribution in [3.63, 3.8) is 0 Å². The van der Waals surface area contributed by atoms with Crippen LogP contribution in [-0.2, 0) is 18.9 Å². The first kappa shape index (κ1) is 31.4. The van der Waals surface area contributed by atoms with E-state index in [9.17, 15) is 0 Å². The van der Waals surface area contributed by atoms with E-state index in [2.05, 4.69) is 69.2 Å². The summed E-state index contributed by atoms with van der Waals surface area (Å²) < 4.78 is 27.9. The van der Waals surface area contributed by atoms with Crippen LogP contribution in [0.15, 0.2) is 0 Å². The first-order valence-electron chi connectivity index (χ1n) is 16.1. The highest BCUT2D eigenvalue weighted by molar-refractivity contribution is 4.86. The molecule has 37 heavy (non-hydrogen) atoms. The summed E-state index contributed by atoms with van der Waals surface area (Å²) in [4.78, 5) is 0. The van der Waals surface area contributed by atoms with Gasteiger partial charge < -0.3 is 4.74 Å². The molecule has 0 spiro atoms. The SMILES string of the molecule is CCOC(OC1CC(C)CCC1C(C)C)(OC1CC(C)CCC1C(C)C)OC1CC(C)CCC1C(C)C. The van der Waals surface area contributed by atoms with Gasteiger partial charge in [0, 0.05) is 0 Å². The van der Waals surface area contributed by atoms with Crippen molar-refractivity contribution in [2.45, 2.75) is 151 Å². The van der Waals surface area contributed by atoms with Crippen LogP contribution in [0.4, 0.5) is 0 Å². The van der Waals surface area contributed by atoms with E-state index in [1.807, 2.05) is 0 Å². The average molecular weight is 523 g/mol. The van der Waals surface area contributed by atoms with Gasteiger partial charge in [0.05, 0.1) is 24.9 Å². The Balaban J connectivity index is 1.98. The van der Waals surface area contributed by atoms with Gasteiger partial charge in [-0.15, -0.1) is 0 Å². The molecule has 3 rings (SSSR count). The molecule has 3 aliphatic rings. The molecule has 0 amide bonds. The van der Waals surface area contributed by atoms with Crippen molar-refractivity contribution >= 4 is 0 Å². The molecule has 0 aromatic heterocycles. The van der Waals surface area contributed by atoms with Gasteiger partial charge in [0.2, 0.25) is 0 Å². The van der Waals surface area contributed by atoms with Crippen LogP contribution in [0.2, 0.25) is 0 Å². The lowest BCUT2D eigenvalue weighted by atomic mass is 9.75. The quantitative estimate of drug-likeness (QED) is 0.254. The second kappa shape index (κ2) is 14.0. The third-order valence-corrected chi connectivity index (χ3v) is 10.1. The van der Waals surface area contributed by atoms with Gasteiger partial charge in [-0.1, -0.05) is 81.6 Å². The monoisotopic (exact) mass is 522 g/mol. The smallest absolute Gasteiger partial charge is 0.304 e. The minimum atomic E-state index is -1.42. The van der Waals surface area contributed by atoms with E-state index in [4.69, 9.17) is 18.9 Å². The normalized spacial score (nSPS) is 39.3. The van der Waals surface area contributed by atoms with Crippen molar-refractivity contribution < 1.29 is 18.9 Å². The van der Waals surface area contributed by atoms with E-state index in [1.165, 1.54) is 38.5 Å². The third kappa shape index (κ3) is 8.41. The number of hydrogen-bond donors (Lipinski definition) is 0. The van der Waals surface area contributed by atoms with E-state index in [1.54, 1.807) is 0 Å². The Morgan fingerprint density at radius 3 is 1.08 bits per heavy atom. The van der Waals surface area contributed by atoms with Gasteiger partial charge in [0.1, 0.15) is 0 Å². The minimum Gasteiger partial charge on any atom is -0.304 e. The maximum Gasteiger partial charge on any atom is 0.413 e. The Morgan fingerprint density at radius 1 is 0.541 bits per heavy atom. The Bertz CT molecular complexity index is 577. The number of hydrogen-bond acceptors (Lipinski definition) is 4. The van der Waals surface area contributed by atoms with E-state index in [0.29, 0.717) is 59.9 Å². The molecular weight excluding hydrogens is 460 g/mol. The van der Waals surface area contributed by atoms with Gasteiger partial charge >= 0.3 is 6.16 Å². The van der Waals surface area contributed by atoms with Crippen LogP contribution >= 0.6 is 0 Å². The van der Waals surface area contributed by atoms with Gasteiger partial charge in [-0.2, -0.15) is 0 Å². The summed E-state index contributed by atoms with van der Waals surface area (Å²) in [6, 6.07) is 0. The van der Waals surface area contributed by atoms with Crippen LogP contribution in [0.5, 0.6) is 0 Å². The van der Waals surface area contributed by atoms with E-state index >= 15 is 0 Å². The molecular formula is C33H62O4. The molecule has 0 aromatic carbocycles. The Hall–Kier alpha value is -0.160. The van der Waals surface area contributed by atoms with E-state index < -0.39 is 6.16 Å². The molecule has 0 heterocycles. The van der Waals surface area contributed by atoms with Crippen molar-refractivity contribution in [2.75, 3.05) is 6.61 Å². The van der Waals surface area contributed by atoms with Crippen LogP contribution in [0.3, 0.4) is 0 Å². The first-order valence-corrected chi connectivity index (χ1v) is 16.1. The lowest BCUT2D eigenvalue weighted by molar-refractivity contribution is -0.535. The average Bonchev–Trinajstić information content (AvgIpc) is 2.78. The fraction of sp³-hybridized carbons (Fsp3) is 1.00. The van der Waals surface area contributed by atoms with E-state index in [0.717, 1.165) is 19.3 Å². The molecule has 9 atom stereocenters. The molecule has 0 N–H and O–H groups in total.